The van der Waals surface area contributed by atoms with Gasteiger partial charge in [-0.1, -0.05) is 33.1 Å². The first-order chi connectivity index (χ1) is 6.33. The van der Waals surface area contributed by atoms with Gasteiger partial charge in [-0.3, -0.25) is 0 Å². The summed E-state index contributed by atoms with van der Waals surface area (Å²) in [6.45, 7) is 6.64. The zero-order valence-electron chi connectivity index (χ0n) is 9.22. The zero-order chi connectivity index (χ0) is 9.52. The molecule has 0 saturated carbocycles. The van der Waals surface area contributed by atoms with E-state index in [0.29, 0.717) is 0 Å². The Hall–Kier alpha value is -0.0400. The van der Waals surface area contributed by atoms with E-state index in [1.807, 2.05) is 0 Å². The van der Waals surface area contributed by atoms with E-state index in [9.17, 15) is 0 Å². The lowest BCUT2D eigenvalue weighted by atomic mass is 9.87. The number of hydrogen-bond donors (Lipinski definition) is 0. The van der Waals surface area contributed by atoms with Crippen LogP contribution in [-0.2, 0) is 4.74 Å². The molecule has 2 unspecified atom stereocenters. The molecular weight excluding hydrogens is 160 g/mol. The van der Waals surface area contributed by atoms with Crippen LogP contribution in [0.5, 0.6) is 0 Å². The molecule has 0 aromatic heterocycles. The van der Waals surface area contributed by atoms with E-state index in [2.05, 4.69) is 13.8 Å². The van der Waals surface area contributed by atoms with E-state index in [1.54, 1.807) is 0 Å². The van der Waals surface area contributed by atoms with Crippen molar-refractivity contribution in [3.05, 3.63) is 0 Å². The lowest BCUT2D eigenvalue weighted by Crippen LogP contribution is -2.15. The lowest BCUT2D eigenvalue weighted by molar-refractivity contribution is 0.0823. The molecule has 2 atom stereocenters. The normalized spacial score (nSPS) is 30.9. The van der Waals surface area contributed by atoms with Gasteiger partial charge < -0.3 is 4.74 Å². The van der Waals surface area contributed by atoms with E-state index in [1.165, 1.54) is 38.5 Å². The van der Waals surface area contributed by atoms with Gasteiger partial charge >= 0.3 is 0 Å². The lowest BCUT2D eigenvalue weighted by Gasteiger charge is -2.24. The molecule has 1 saturated heterocycles. The number of hydrogen-bond acceptors (Lipinski definition) is 1. The van der Waals surface area contributed by atoms with Crippen LogP contribution in [0.4, 0.5) is 0 Å². The van der Waals surface area contributed by atoms with Crippen molar-refractivity contribution in [2.75, 3.05) is 13.2 Å². The average molecular weight is 184 g/mol. The topological polar surface area (TPSA) is 9.23 Å². The van der Waals surface area contributed by atoms with Gasteiger partial charge in [0.15, 0.2) is 0 Å². The molecule has 0 radical (unpaired) electrons. The number of ether oxygens (including phenoxy) is 1. The molecule has 13 heavy (non-hydrogen) atoms. The third kappa shape index (κ3) is 4.66. The molecule has 0 aromatic carbocycles. The molecule has 1 heterocycles. The molecule has 78 valence electrons. The number of rotatable bonds is 3. The molecule has 1 nitrogen and oxygen atoms in total. The minimum Gasteiger partial charge on any atom is -0.381 e. The van der Waals surface area contributed by atoms with Crippen molar-refractivity contribution >= 4 is 0 Å². The molecular formula is C12H24O. The van der Waals surface area contributed by atoms with Crippen LogP contribution < -0.4 is 0 Å². The van der Waals surface area contributed by atoms with Crippen molar-refractivity contribution < 1.29 is 4.74 Å². The van der Waals surface area contributed by atoms with Crippen LogP contribution in [-0.4, -0.2) is 13.2 Å². The summed E-state index contributed by atoms with van der Waals surface area (Å²) in [6.07, 6.45) is 8.16. The van der Waals surface area contributed by atoms with Gasteiger partial charge in [-0.25, -0.2) is 0 Å². The summed E-state index contributed by atoms with van der Waals surface area (Å²) in [7, 11) is 0. The van der Waals surface area contributed by atoms with Crippen molar-refractivity contribution in [1.29, 1.82) is 0 Å². The van der Waals surface area contributed by atoms with Gasteiger partial charge in [0.05, 0.1) is 0 Å². The molecule has 0 aromatic rings. The molecule has 1 aliphatic rings. The van der Waals surface area contributed by atoms with Crippen molar-refractivity contribution in [2.24, 2.45) is 11.8 Å². The van der Waals surface area contributed by atoms with Crippen LogP contribution in [0.3, 0.4) is 0 Å². The Morgan fingerprint density at radius 3 is 2.77 bits per heavy atom. The van der Waals surface area contributed by atoms with Crippen LogP contribution in [0, 0.1) is 11.8 Å². The van der Waals surface area contributed by atoms with Crippen molar-refractivity contribution in [3.8, 4) is 0 Å². The molecule has 1 fully saturated rings. The molecule has 1 aliphatic heterocycles. The minimum atomic E-state index is 0.877. The monoisotopic (exact) mass is 184 g/mol. The molecule has 0 spiro atoms. The Morgan fingerprint density at radius 2 is 2.00 bits per heavy atom. The van der Waals surface area contributed by atoms with Gasteiger partial charge in [0, 0.05) is 13.2 Å². The molecule has 0 bridgehead atoms. The molecule has 1 rings (SSSR count). The second-order valence-electron chi connectivity index (χ2n) is 4.54. The van der Waals surface area contributed by atoms with Crippen molar-refractivity contribution in [2.45, 2.75) is 52.4 Å². The van der Waals surface area contributed by atoms with E-state index in [-0.39, 0.29) is 0 Å². The Kier molecular flexibility index (Phi) is 5.45. The standard InChI is InChI=1S/C12H24O/c1-3-4-5-12-7-9-13-8-6-11(2)10-12/h11-12H,3-10H2,1-2H3. The highest BCUT2D eigenvalue weighted by Gasteiger charge is 2.15. The first-order valence-corrected chi connectivity index (χ1v) is 5.90. The van der Waals surface area contributed by atoms with Crippen LogP contribution in [0.2, 0.25) is 0 Å². The van der Waals surface area contributed by atoms with E-state index < -0.39 is 0 Å². The first kappa shape index (κ1) is 11.0. The fraction of sp³-hybridized carbons (Fsp3) is 1.00. The van der Waals surface area contributed by atoms with Gasteiger partial charge in [0.2, 0.25) is 0 Å². The van der Waals surface area contributed by atoms with Gasteiger partial charge in [-0.05, 0) is 31.1 Å². The van der Waals surface area contributed by atoms with Crippen molar-refractivity contribution in [3.63, 3.8) is 0 Å². The third-order valence-electron chi connectivity index (χ3n) is 3.13. The average Bonchev–Trinajstić information content (AvgIpc) is 2.09. The highest BCUT2D eigenvalue weighted by Crippen LogP contribution is 2.25. The fourth-order valence-corrected chi connectivity index (χ4v) is 2.20. The molecule has 0 amide bonds. The van der Waals surface area contributed by atoms with Crippen LogP contribution >= 0.6 is 0 Å². The minimum absolute atomic E-state index is 0.877. The summed E-state index contributed by atoms with van der Waals surface area (Å²) < 4.78 is 5.56. The smallest absolute Gasteiger partial charge is 0.0468 e. The van der Waals surface area contributed by atoms with Gasteiger partial charge in [-0.2, -0.15) is 0 Å². The van der Waals surface area contributed by atoms with Crippen LogP contribution in [0.15, 0.2) is 0 Å². The Morgan fingerprint density at radius 1 is 1.23 bits per heavy atom. The molecule has 0 aliphatic carbocycles. The SMILES string of the molecule is CCCCC1CCOCCC(C)C1. The Balaban J connectivity index is 2.23. The maximum atomic E-state index is 5.56. The quantitative estimate of drug-likeness (QED) is 0.651. The fourth-order valence-electron chi connectivity index (χ4n) is 2.20. The van der Waals surface area contributed by atoms with Crippen molar-refractivity contribution in [1.82, 2.24) is 0 Å². The number of unbranched alkanes of at least 4 members (excludes halogenated alkanes) is 1. The zero-order valence-corrected chi connectivity index (χ0v) is 9.22. The predicted molar refractivity (Wildman–Crippen MR) is 56.8 cm³/mol. The summed E-state index contributed by atoms with van der Waals surface area (Å²) in [5.41, 5.74) is 0. The second kappa shape index (κ2) is 6.42. The van der Waals surface area contributed by atoms with E-state index >= 15 is 0 Å². The third-order valence-corrected chi connectivity index (χ3v) is 3.13. The maximum absolute atomic E-state index is 5.56. The molecule has 0 N–H and O–H groups in total. The summed E-state index contributed by atoms with van der Waals surface area (Å²) in [5.74, 6) is 1.82. The van der Waals surface area contributed by atoms with Gasteiger partial charge in [0.25, 0.3) is 0 Å². The predicted octanol–water partition coefficient (Wildman–Crippen LogP) is 3.63. The van der Waals surface area contributed by atoms with E-state index in [0.717, 1.165) is 25.0 Å². The maximum Gasteiger partial charge on any atom is 0.0468 e. The Labute approximate surface area is 82.9 Å². The summed E-state index contributed by atoms with van der Waals surface area (Å²) in [4.78, 5) is 0. The molecule has 1 heteroatoms. The highest BCUT2D eigenvalue weighted by molar-refractivity contribution is 4.66. The summed E-state index contributed by atoms with van der Waals surface area (Å²) in [6, 6.07) is 0. The Bertz CT molecular complexity index is 120. The van der Waals surface area contributed by atoms with Crippen LogP contribution in [0.25, 0.3) is 0 Å². The van der Waals surface area contributed by atoms with E-state index in [4.69, 9.17) is 4.74 Å². The first-order valence-electron chi connectivity index (χ1n) is 5.90. The summed E-state index contributed by atoms with van der Waals surface area (Å²) >= 11 is 0. The summed E-state index contributed by atoms with van der Waals surface area (Å²) in [5, 5.41) is 0. The largest absolute Gasteiger partial charge is 0.381 e. The van der Waals surface area contributed by atoms with Gasteiger partial charge in [-0.15, -0.1) is 0 Å². The second-order valence-corrected chi connectivity index (χ2v) is 4.54. The highest BCUT2D eigenvalue weighted by atomic mass is 16.5. The van der Waals surface area contributed by atoms with Gasteiger partial charge in [0.1, 0.15) is 0 Å². The van der Waals surface area contributed by atoms with Crippen LogP contribution in [0.1, 0.15) is 52.4 Å².